The fraction of sp³-hybridized carbons (Fsp3) is 0.263. The molecule has 0 aliphatic carbocycles. The molecule has 1 amide bonds. The SMILES string of the molecule is COc1c(Cl)cc(Cl)cc1C(=O)NC(=S)Nc1ccc(N2CCCC2)cc1. The Balaban J connectivity index is 1.64. The molecule has 1 heterocycles. The molecule has 3 rings (SSSR count). The molecule has 0 atom stereocenters. The number of amides is 1. The van der Waals surface area contributed by atoms with E-state index in [0.717, 1.165) is 18.8 Å². The highest BCUT2D eigenvalue weighted by atomic mass is 35.5. The van der Waals surface area contributed by atoms with Gasteiger partial charge in [0.1, 0.15) is 5.75 Å². The molecule has 0 spiro atoms. The topological polar surface area (TPSA) is 53.6 Å². The highest BCUT2D eigenvalue weighted by Gasteiger charge is 2.18. The summed E-state index contributed by atoms with van der Waals surface area (Å²) in [7, 11) is 1.43. The second kappa shape index (κ2) is 8.78. The van der Waals surface area contributed by atoms with Crippen LogP contribution in [-0.2, 0) is 0 Å². The van der Waals surface area contributed by atoms with Gasteiger partial charge in [0.2, 0.25) is 0 Å². The number of halogens is 2. The molecule has 2 aromatic rings. The number of ether oxygens (including phenoxy) is 1. The fourth-order valence-corrected chi connectivity index (χ4v) is 3.78. The zero-order valence-corrected chi connectivity index (χ0v) is 17.0. The van der Waals surface area contributed by atoms with Crippen LogP contribution in [0.2, 0.25) is 10.0 Å². The summed E-state index contributed by atoms with van der Waals surface area (Å²) in [4.78, 5) is 14.9. The van der Waals surface area contributed by atoms with Crippen LogP contribution < -0.4 is 20.3 Å². The van der Waals surface area contributed by atoms with Crippen molar-refractivity contribution in [1.29, 1.82) is 0 Å². The minimum Gasteiger partial charge on any atom is -0.494 e. The van der Waals surface area contributed by atoms with E-state index in [1.165, 1.54) is 37.8 Å². The number of hydrogen-bond donors (Lipinski definition) is 2. The highest BCUT2D eigenvalue weighted by molar-refractivity contribution is 7.80. The number of nitrogens with one attached hydrogen (secondary N) is 2. The number of methoxy groups -OCH3 is 1. The van der Waals surface area contributed by atoms with E-state index in [-0.39, 0.29) is 21.4 Å². The van der Waals surface area contributed by atoms with E-state index in [1.807, 2.05) is 24.3 Å². The Labute approximate surface area is 173 Å². The van der Waals surface area contributed by atoms with E-state index in [4.69, 9.17) is 40.2 Å². The maximum absolute atomic E-state index is 12.5. The lowest BCUT2D eigenvalue weighted by atomic mass is 10.2. The summed E-state index contributed by atoms with van der Waals surface area (Å²) < 4.78 is 5.19. The average molecular weight is 424 g/mol. The average Bonchev–Trinajstić information content (AvgIpc) is 3.16. The summed E-state index contributed by atoms with van der Waals surface area (Å²) in [6, 6.07) is 10.9. The number of carbonyl (C=O) groups excluding carboxylic acids is 1. The van der Waals surface area contributed by atoms with Gasteiger partial charge < -0.3 is 15.0 Å². The number of thiocarbonyl (C=S) groups is 1. The van der Waals surface area contributed by atoms with Crippen molar-refractivity contribution >= 4 is 57.8 Å². The first-order valence-electron chi connectivity index (χ1n) is 8.48. The number of nitrogens with zero attached hydrogens (tertiary/aromatic N) is 1. The molecule has 0 unspecified atom stereocenters. The smallest absolute Gasteiger partial charge is 0.261 e. The third-order valence-electron chi connectivity index (χ3n) is 4.28. The van der Waals surface area contributed by atoms with Crippen LogP contribution in [0.4, 0.5) is 11.4 Å². The Bertz CT molecular complexity index is 853. The zero-order valence-electron chi connectivity index (χ0n) is 14.7. The van der Waals surface area contributed by atoms with Crippen molar-refractivity contribution in [3.63, 3.8) is 0 Å². The maximum atomic E-state index is 12.5. The van der Waals surface area contributed by atoms with Crippen molar-refractivity contribution in [3.05, 3.63) is 52.0 Å². The minimum absolute atomic E-state index is 0.173. The molecule has 0 aromatic heterocycles. The van der Waals surface area contributed by atoms with Crippen LogP contribution >= 0.6 is 35.4 Å². The predicted octanol–water partition coefficient (Wildman–Crippen LogP) is 4.73. The van der Waals surface area contributed by atoms with Gasteiger partial charge >= 0.3 is 0 Å². The summed E-state index contributed by atoms with van der Waals surface area (Å²) in [5, 5.41) is 6.38. The summed E-state index contributed by atoms with van der Waals surface area (Å²) in [6.07, 6.45) is 2.46. The Kier molecular flexibility index (Phi) is 6.42. The standard InChI is InChI=1S/C19H19Cl2N3O2S/c1-26-17-15(10-12(20)11-16(17)21)18(25)23-19(27)22-13-4-6-14(7-5-13)24-8-2-3-9-24/h4-7,10-11H,2-3,8-9H2,1H3,(H2,22,23,25,27). The van der Waals surface area contributed by atoms with Gasteiger partial charge in [-0.1, -0.05) is 23.2 Å². The first kappa shape index (κ1) is 19.7. The lowest BCUT2D eigenvalue weighted by Crippen LogP contribution is -2.34. The van der Waals surface area contributed by atoms with Crippen molar-refractivity contribution in [2.75, 3.05) is 30.4 Å². The number of rotatable bonds is 4. The molecule has 1 aliphatic heterocycles. The summed E-state index contributed by atoms with van der Waals surface area (Å²) >= 11 is 17.3. The van der Waals surface area contributed by atoms with E-state index in [2.05, 4.69) is 15.5 Å². The number of carbonyl (C=O) groups is 1. The molecule has 27 heavy (non-hydrogen) atoms. The largest absolute Gasteiger partial charge is 0.494 e. The van der Waals surface area contributed by atoms with Crippen LogP contribution in [-0.4, -0.2) is 31.2 Å². The first-order valence-corrected chi connectivity index (χ1v) is 9.64. The summed E-state index contributed by atoms with van der Waals surface area (Å²) in [5.41, 5.74) is 2.19. The summed E-state index contributed by atoms with van der Waals surface area (Å²) in [6.45, 7) is 2.18. The van der Waals surface area contributed by atoms with Crippen molar-refractivity contribution < 1.29 is 9.53 Å². The molecule has 0 radical (unpaired) electrons. The molecular formula is C19H19Cl2N3O2S. The van der Waals surface area contributed by atoms with Gasteiger partial charge in [0.25, 0.3) is 5.91 Å². The van der Waals surface area contributed by atoms with Crippen LogP contribution in [0.25, 0.3) is 0 Å². The minimum atomic E-state index is -0.456. The van der Waals surface area contributed by atoms with Crippen LogP contribution in [0.3, 0.4) is 0 Å². The Morgan fingerprint density at radius 1 is 1.15 bits per heavy atom. The lowest BCUT2D eigenvalue weighted by molar-refractivity contribution is 0.0975. The quantitative estimate of drug-likeness (QED) is 0.696. The summed E-state index contributed by atoms with van der Waals surface area (Å²) in [5.74, 6) is -0.209. The van der Waals surface area contributed by atoms with Crippen molar-refractivity contribution in [1.82, 2.24) is 5.32 Å². The van der Waals surface area contributed by atoms with Crippen LogP contribution in [0.15, 0.2) is 36.4 Å². The molecule has 0 saturated carbocycles. The van der Waals surface area contributed by atoms with Gasteiger partial charge in [-0.3, -0.25) is 10.1 Å². The lowest BCUT2D eigenvalue weighted by Gasteiger charge is -2.18. The number of hydrogen-bond acceptors (Lipinski definition) is 4. The molecule has 1 aliphatic rings. The molecule has 2 N–H and O–H groups in total. The monoisotopic (exact) mass is 423 g/mol. The van der Waals surface area contributed by atoms with Gasteiger partial charge in [-0.05, 0) is 61.5 Å². The van der Waals surface area contributed by atoms with Gasteiger partial charge in [0, 0.05) is 29.5 Å². The molecular weight excluding hydrogens is 405 g/mol. The second-order valence-corrected chi connectivity index (χ2v) is 7.37. The first-order chi connectivity index (χ1) is 13.0. The highest BCUT2D eigenvalue weighted by Crippen LogP contribution is 2.32. The molecule has 142 valence electrons. The van der Waals surface area contributed by atoms with E-state index in [1.54, 1.807) is 0 Å². The maximum Gasteiger partial charge on any atom is 0.261 e. The molecule has 1 saturated heterocycles. The Morgan fingerprint density at radius 2 is 1.81 bits per heavy atom. The van der Waals surface area contributed by atoms with E-state index < -0.39 is 5.91 Å². The molecule has 0 bridgehead atoms. The third-order valence-corrected chi connectivity index (χ3v) is 4.98. The van der Waals surface area contributed by atoms with Gasteiger partial charge in [0.05, 0.1) is 17.7 Å². The zero-order chi connectivity index (χ0) is 19.4. The Hall–Kier alpha value is -2.02. The van der Waals surface area contributed by atoms with E-state index in [9.17, 15) is 4.79 Å². The fourth-order valence-electron chi connectivity index (χ4n) is 3.00. The van der Waals surface area contributed by atoms with Crippen LogP contribution in [0.1, 0.15) is 23.2 Å². The van der Waals surface area contributed by atoms with Crippen molar-refractivity contribution in [2.45, 2.75) is 12.8 Å². The molecule has 8 heteroatoms. The van der Waals surface area contributed by atoms with Gasteiger partial charge in [0.15, 0.2) is 5.11 Å². The van der Waals surface area contributed by atoms with Crippen molar-refractivity contribution in [2.24, 2.45) is 0 Å². The predicted molar refractivity (Wildman–Crippen MR) is 115 cm³/mol. The van der Waals surface area contributed by atoms with Gasteiger partial charge in [-0.2, -0.15) is 0 Å². The normalized spacial score (nSPS) is 13.4. The molecule has 2 aromatic carbocycles. The third kappa shape index (κ3) is 4.83. The van der Waals surface area contributed by atoms with Crippen LogP contribution in [0.5, 0.6) is 5.75 Å². The second-order valence-electron chi connectivity index (χ2n) is 6.12. The van der Waals surface area contributed by atoms with E-state index in [0.29, 0.717) is 5.02 Å². The number of anilines is 2. The van der Waals surface area contributed by atoms with Crippen LogP contribution in [0, 0.1) is 0 Å². The van der Waals surface area contributed by atoms with Crippen molar-refractivity contribution in [3.8, 4) is 5.75 Å². The molecule has 5 nitrogen and oxygen atoms in total. The van der Waals surface area contributed by atoms with E-state index >= 15 is 0 Å². The Morgan fingerprint density at radius 3 is 2.44 bits per heavy atom. The molecule has 1 fully saturated rings. The van der Waals surface area contributed by atoms with Gasteiger partial charge in [-0.25, -0.2) is 0 Å². The number of benzene rings is 2. The van der Waals surface area contributed by atoms with Gasteiger partial charge in [-0.15, -0.1) is 0 Å².